The van der Waals surface area contributed by atoms with Gasteiger partial charge in [0.2, 0.25) is 5.75 Å². The van der Waals surface area contributed by atoms with Gasteiger partial charge >= 0.3 is 0 Å². The van der Waals surface area contributed by atoms with Crippen molar-refractivity contribution >= 4 is 35.1 Å². The lowest BCUT2D eigenvalue weighted by molar-refractivity contribution is 0.104. The first-order valence-corrected chi connectivity index (χ1v) is 7.73. The summed E-state index contributed by atoms with van der Waals surface area (Å²) in [7, 11) is 4.49. The summed E-state index contributed by atoms with van der Waals surface area (Å²) < 4.78 is 15.7. The van der Waals surface area contributed by atoms with E-state index in [9.17, 15) is 4.79 Å². The predicted molar refractivity (Wildman–Crippen MR) is 95.9 cm³/mol. The molecule has 0 aliphatic heterocycles. The third-order valence-electron chi connectivity index (χ3n) is 3.34. The number of carbonyl (C=O) groups is 1. The molecule has 0 saturated heterocycles. The minimum atomic E-state index is -0.231. The highest BCUT2D eigenvalue weighted by molar-refractivity contribution is 6.42. The van der Waals surface area contributed by atoms with Crippen LogP contribution < -0.4 is 14.2 Å². The maximum Gasteiger partial charge on any atom is 0.203 e. The van der Waals surface area contributed by atoms with Crippen LogP contribution in [-0.2, 0) is 0 Å². The number of rotatable bonds is 6. The van der Waals surface area contributed by atoms with Crippen molar-refractivity contribution in [1.29, 1.82) is 0 Å². The largest absolute Gasteiger partial charge is 0.493 e. The van der Waals surface area contributed by atoms with Crippen molar-refractivity contribution in [3.63, 3.8) is 0 Å². The summed E-state index contributed by atoms with van der Waals surface area (Å²) >= 11 is 12.1. The van der Waals surface area contributed by atoms with Crippen LogP contribution in [0.4, 0.5) is 0 Å². The third kappa shape index (κ3) is 3.83. The highest BCUT2D eigenvalue weighted by Gasteiger charge is 2.15. The molecule has 2 aromatic rings. The zero-order chi connectivity index (χ0) is 17.7. The van der Waals surface area contributed by atoms with Crippen LogP contribution in [0.5, 0.6) is 17.2 Å². The lowest BCUT2D eigenvalue weighted by Crippen LogP contribution is -2.00. The Morgan fingerprint density at radius 3 is 2.17 bits per heavy atom. The van der Waals surface area contributed by atoms with Gasteiger partial charge in [0.1, 0.15) is 0 Å². The number of ketones is 1. The van der Waals surface area contributed by atoms with Crippen molar-refractivity contribution < 1.29 is 19.0 Å². The van der Waals surface area contributed by atoms with Gasteiger partial charge in [0, 0.05) is 5.56 Å². The van der Waals surface area contributed by atoms with E-state index in [2.05, 4.69) is 0 Å². The van der Waals surface area contributed by atoms with Crippen molar-refractivity contribution in [1.82, 2.24) is 0 Å². The van der Waals surface area contributed by atoms with E-state index < -0.39 is 0 Å². The quantitative estimate of drug-likeness (QED) is 0.537. The molecule has 4 nitrogen and oxygen atoms in total. The number of halogens is 2. The molecule has 6 heteroatoms. The average molecular weight is 367 g/mol. The molecule has 0 N–H and O–H groups in total. The van der Waals surface area contributed by atoms with Crippen LogP contribution in [0.1, 0.15) is 15.9 Å². The van der Waals surface area contributed by atoms with Crippen molar-refractivity contribution in [3.05, 3.63) is 57.6 Å². The Kier molecular flexibility index (Phi) is 6.12. The molecule has 0 spiro atoms. The molecule has 0 amide bonds. The van der Waals surface area contributed by atoms with Gasteiger partial charge in [0.05, 0.1) is 31.4 Å². The van der Waals surface area contributed by atoms with Crippen LogP contribution >= 0.6 is 23.2 Å². The number of ether oxygens (including phenoxy) is 3. The van der Waals surface area contributed by atoms with E-state index >= 15 is 0 Å². The molecular weight excluding hydrogens is 351 g/mol. The maximum absolute atomic E-state index is 12.4. The van der Waals surface area contributed by atoms with Crippen LogP contribution in [0, 0.1) is 0 Å². The molecule has 24 heavy (non-hydrogen) atoms. The molecule has 0 radical (unpaired) electrons. The molecule has 0 unspecified atom stereocenters. The summed E-state index contributed by atoms with van der Waals surface area (Å²) in [6.07, 6.45) is 3.03. The van der Waals surface area contributed by atoms with E-state index in [1.165, 1.54) is 27.4 Å². The average Bonchev–Trinajstić information content (AvgIpc) is 2.61. The first kappa shape index (κ1) is 18.2. The molecular formula is C18H16Cl2O4. The molecule has 0 aromatic heterocycles. The molecule has 2 rings (SSSR count). The Labute approximate surface area is 150 Å². The molecule has 0 fully saturated rings. The van der Waals surface area contributed by atoms with Crippen LogP contribution in [0.2, 0.25) is 10.0 Å². The van der Waals surface area contributed by atoms with E-state index in [0.717, 1.165) is 0 Å². The molecule has 0 saturated carbocycles. The second kappa shape index (κ2) is 8.08. The number of benzene rings is 2. The zero-order valence-electron chi connectivity index (χ0n) is 13.4. The standard InChI is InChI=1S/C18H16Cl2O4/c1-22-15-9-12(10-16(23-2)18(15)24-3)14(21)8-7-11-5-4-6-13(19)17(11)20/h4-10H,1-3H3. The van der Waals surface area contributed by atoms with Crippen LogP contribution in [0.25, 0.3) is 6.08 Å². The van der Waals surface area contributed by atoms with Crippen molar-refractivity contribution in [2.24, 2.45) is 0 Å². The number of hydrogen-bond acceptors (Lipinski definition) is 4. The van der Waals surface area contributed by atoms with E-state index in [1.807, 2.05) is 0 Å². The van der Waals surface area contributed by atoms with Gasteiger partial charge in [0.15, 0.2) is 17.3 Å². The minimum absolute atomic E-state index is 0.231. The second-order valence-corrected chi connectivity index (χ2v) is 5.54. The topological polar surface area (TPSA) is 44.8 Å². The van der Waals surface area contributed by atoms with E-state index in [0.29, 0.717) is 38.4 Å². The summed E-state index contributed by atoms with van der Waals surface area (Å²) in [6.45, 7) is 0. The van der Waals surface area contributed by atoms with Crippen LogP contribution in [0.15, 0.2) is 36.4 Å². The number of allylic oxidation sites excluding steroid dienone is 1. The lowest BCUT2D eigenvalue weighted by atomic mass is 10.1. The Morgan fingerprint density at radius 1 is 1.00 bits per heavy atom. The molecule has 0 aliphatic rings. The molecule has 0 aliphatic carbocycles. The van der Waals surface area contributed by atoms with Gasteiger partial charge in [-0.25, -0.2) is 0 Å². The van der Waals surface area contributed by atoms with Crippen LogP contribution in [0.3, 0.4) is 0 Å². The fraction of sp³-hybridized carbons (Fsp3) is 0.167. The SMILES string of the molecule is COc1cc(C(=O)C=Cc2cccc(Cl)c2Cl)cc(OC)c1OC. The normalized spacial score (nSPS) is 10.7. The summed E-state index contributed by atoms with van der Waals surface area (Å²) in [5, 5.41) is 0.826. The molecule has 126 valence electrons. The predicted octanol–water partition coefficient (Wildman–Crippen LogP) is 4.92. The van der Waals surface area contributed by atoms with E-state index in [1.54, 1.807) is 36.4 Å². The molecule has 0 heterocycles. The summed E-state index contributed by atoms with van der Waals surface area (Å²) in [6, 6.07) is 8.40. The second-order valence-electron chi connectivity index (χ2n) is 4.75. The van der Waals surface area contributed by atoms with Gasteiger partial charge in [-0.05, 0) is 35.9 Å². The third-order valence-corrected chi connectivity index (χ3v) is 4.18. The van der Waals surface area contributed by atoms with Crippen molar-refractivity contribution in [3.8, 4) is 17.2 Å². The zero-order valence-corrected chi connectivity index (χ0v) is 14.9. The summed E-state index contributed by atoms with van der Waals surface area (Å²) in [5.74, 6) is 1.02. The van der Waals surface area contributed by atoms with Gasteiger partial charge in [0.25, 0.3) is 0 Å². The smallest absolute Gasteiger partial charge is 0.203 e. The molecule has 0 bridgehead atoms. The first-order chi connectivity index (χ1) is 11.5. The maximum atomic E-state index is 12.4. The number of methoxy groups -OCH3 is 3. The number of carbonyl (C=O) groups excluding carboxylic acids is 1. The number of hydrogen-bond donors (Lipinski definition) is 0. The van der Waals surface area contributed by atoms with Crippen molar-refractivity contribution in [2.75, 3.05) is 21.3 Å². The Balaban J connectivity index is 2.36. The van der Waals surface area contributed by atoms with E-state index in [4.69, 9.17) is 37.4 Å². The Hall–Kier alpha value is -2.17. The minimum Gasteiger partial charge on any atom is -0.493 e. The fourth-order valence-corrected chi connectivity index (χ4v) is 2.51. The van der Waals surface area contributed by atoms with E-state index in [-0.39, 0.29) is 5.78 Å². The molecule has 0 atom stereocenters. The first-order valence-electron chi connectivity index (χ1n) is 6.98. The molecule has 2 aromatic carbocycles. The Bertz CT molecular complexity index is 760. The summed E-state index contributed by atoms with van der Waals surface area (Å²) in [5.41, 5.74) is 1.06. The highest BCUT2D eigenvalue weighted by Crippen LogP contribution is 2.38. The lowest BCUT2D eigenvalue weighted by Gasteiger charge is -2.13. The highest BCUT2D eigenvalue weighted by atomic mass is 35.5. The monoisotopic (exact) mass is 366 g/mol. The fourth-order valence-electron chi connectivity index (χ4n) is 2.13. The van der Waals surface area contributed by atoms with Gasteiger partial charge in [-0.1, -0.05) is 35.3 Å². The van der Waals surface area contributed by atoms with Gasteiger partial charge in [-0.3, -0.25) is 4.79 Å². The Morgan fingerprint density at radius 2 is 1.62 bits per heavy atom. The van der Waals surface area contributed by atoms with Gasteiger partial charge < -0.3 is 14.2 Å². The van der Waals surface area contributed by atoms with Gasteiger partial charge in [-0.2, -0.15) is 0 Å². The van der Waals surface area contributed by atoms with Gasteiger partial charge in [-0.15, -0.1) is 0 Å². The summed E-state index contributed by atoms with van der Waals surface area (Å²) in [4.78, 5) is 12.4. The van der Waals surface area contributed by atoms with Crippen molar-refractivity contribution in [2.45, 2.75) is 0 Å². The van der Waals surface area contributed by atoms with Crippen LogP contribution in [-0.4, -0.2) is 27.1 Å².